The highest BCUT2D eigenvalue weighted by molar-refractivity contribution is 5.91. The lowest BCUT2D eigenvalue weighted by Gasteiger charge is -2.26. The smallest absolute Gasteiger partial charge is 0.0113 e. The molecule has 0 saturated carbocycles. The Morgan fingerprint density at radius 1 is 0.250 bits per heavy atom. The Hall–Kier alpha value is -3.12. The summed E-state index contributed by atoms with van der Waals surface area (Å²) in [4.78, 5) is 0. The molecule has 4 aromatic rings. The zero-order valence-corrected chi connectivity index (χ0v) is 24.5. The average molecular weight is 475 g/mol. The Morgan fingerprint density at radius 2 is 0.444 bits per heavy atom. The Morgan fingerprint density at radius 3 is 0.694 bits per heavy atom. The van der Waals surface area contributed by atoms with E-state index in [1.54, 1.807) is 0 Å². The fraction of sp³-hybridized carbons (Fsp3) is 0.333. The molecule has 186 valence electrons. The minimum atomic E-state index is 1.33. The fourth-order valence-electron chi connectivity index (χ4n) is 7.06. The van der Waals surface area contributed by atoms with Gasteiger partial charge in [0.1, 0.15) is 0 Å². The number of hydrogen-bond donors (Lipinski definition) is 0. The molecular weight excluding hydrogens is 432 g/mol. The molecule has 0 aliphatic heterocycles. The molecule has 0 fully saturated rings. The van der Waals surface area contributed by atoms with Crippen molar-refractivity contribution in [2.75, 3.05) is 0 Å². The normalized spacial score (nSPS) is 11.3. The first kappa shape index (κ1) is 26.0. The van der Waals surface area contributed by atoms with Crippen molar-refractivity contribution >= 4 is 0 Å². The Labute approximate surface area is 219 Å². The van der Waals surface area contributed by atoms with Crippen molar-refractivity contribution in [3.63, 3.8) is 0 Å². The molecule has 0 heterocycles. The van der Waals surface area contributed by atoms with Crippen LogP contribution in [0.1, 0.15) is 66.8 Å². The van der Waals surface area contributed by atoms with E-state index < -0.39 is 0 Å². The minimum absolute atomic E-state index is 1.33. The van der Waals surface area contributed by atoms with E-state index >= 15 is 0 Å². The number of aryl methyl sites for hydroxylation is 10. The average Bonchev–Trinajstić information content (AvgIpc) is 2.73. The molecule has 0 atom stereocenters. The largest absolute Gasteiger partial charge is 0.0557 e. The van der Waals surface area contributed by atoms with Gasteiger partial charge in [0.25, 0.3) is 0 Å². The lowest BCUT2D eigenvalue weighted by Crippen LogP contribution is -2.04. The van der Waals surface area contributed by atoms with Gasteiger partial charge in [-0.15, -0.1) is 0 Å². The van der Waals surface area contributed by atoms with Gasteiger partial charge in [0.05, 0.1) is 0 Å². The van der Waals surface area contributed by atoms with Gasteiger partial charge in [0.15, 0.2) is 0 Å². The van der Waals surface area contributed by atoms with Crippen LogP contribution in [0.5, 0.6) is 0 Å². The van der Waals surface area contributed by atoms with E-state index in [2.05, 4.69) is 119 Å². The molecule has 0 saturated heterocycles. The third kappa shape index (κ3) is 4.21. The van der Waals surface area contributed by atoms with Crippen LogP contribution in [0.3, 0.4) is 0 Å². The number of rotatable bonds is 3. The van der Waals surface area contributed by atoms with E-state index in [9.17, 15) is 0 Å². The summed E-state index contributed by atoms with van der Waals surface area (Å²) in [6.07, 6.45) is 0. The third-order valence-electron chi connectivity index (χ3n) is 8.05. The minimum Gasteiger partial charge on any atom is -0.0557 e. The van der Waals surface area contributed by atoms with Gasteiger partial charge in [-0.1, -0.05) is 47.5 Å². The quantitative estimate of drug-likeness (QED) is 0.277. The highest BCUT2D eigenvalue weighted by Gasteiger charge is 2.22. The van der Waals surface area contributed by atoms with Gasteiger partial charge in [-0.05, 0) is 172 Å². The summed E-state index contributed by atoms with van der Waals surface area (Å²) in [5.74, 6) is 0. The van der Waals surface area contributed by atoms with Gasteiger partial charge in [-0.25, -0.2) is 0 Å². The van der Waals surface area contributed by atoms with Crippen molar-refractivity contribution in [1.82, 2.24) is 0 Å². The monoisotopic (exact) mass is 474 g/mol. The molecule has 0 heteroatoms. The van der Waals surface area contributed by atoms with E-state index in [4.69, 9.17) is 0 Å². The first-order valence-electron chi connectivity index (χ1n) is 13.2. The predicted molar refractivity (Wildman–Crippen MR) is 160 cm³/mol. The molecule has 0 bridgehead atoms. The van der Waals surface area contributed by atoms with Crippen molar-refractivity contribution in [1.29, 1.82) is 0 Å². The summed E-state index contributed by atoms with van der Waals surface area (Å²) in [5.41, 5.74) is 24.7. The Bertz CT molecular complexity index is 1360. The maximum absolute atomic E-state index is 2.40. The van der Waals surface area contributed by atoms with Crippen LogP contribution in [-0.2, 0) is 0 Å². The number of hydrogen-bond acceptors (Lipinski definition) is 0. The summed E-state index contributed by atoms with van der Waals surface area (Å²) in [6, 6.07) is 14.1. The first-order chi connectivity index (χ1) is 16.8. The Kier molecular flexibility index (Phi) is 6.78. The topological polar surface area (TPSA) is 0 Å². The molecule has 0 spiro atoms. The summed E-state index contributed by atoms with van der Waals surface area (Å²) in [5, 5.41) is 0. The molecule has 0 unspecified atom stereocenters. The second-order valence-electron chi connectivity index (χ2n) is 11.3. The molecule has 4 aromatic carbocycles. The van der Waals surface area contributed by atoms with Gasteiger partial charge in [0, 0.05) is 0 Å². The van der Waals surface area contributed by atoms with Crippen LogP contribution in [-0.4, -0.2) is 0 Å². The second-order valence-corrected chi connectivity index (χ2v) is 11.3. The zero-order valence-electron chi connectivity index (χ0n) is 24.5. The van der Waals surface area contributed by atoms with Crippen LogP contribution in [0.15, 0.2) is 36.4 Å². The molecule has 0 N–H and O–H groups in total. The summed E-state index contributed by atoms with van der Waals surface area (Å²) < 4.78 is 0. The van der Waals surface area contributed by atoms with Crippen LogP contribution in [0.4, 0.5) is 0 Å². The lowest BCUT2D eigenvalue weighted by atomic mass is 9.78. The number of benzene rings is 4. The molecule has 0 aliphatic rings. The Balaban J connectivity index is 2.10. The van der Waals surface area contributed by atoms with Gasteiger partial charge in [-0.3, -0.25) is 0 Å². The van der Waals surface area contributed by atoms with E-state index in [0.29, 0.717) is 0 Å². The molecule has 0 nitrogen and oxygen atoms in total. The van der Waals surface area contributed by atoms with Gasteiger partial charge >= 0.3 is 0 Å². The van der Waals surface area contributed by atoms with Gasteiger partial charge < -0.3 is 0 Å². The highest BCUT2D eigenvalue weighted by atomic mass is 14.3. The molecule has 0 aliphatic carbocycles. The molecular formula is C36H42. The van der Waals surface area contributed by atoms with Gasteiger partial charge in [-0.2, -0.15) is 0 Å². The summed E-state index contributed by atoms with van der Waals surface area (Å²) in [7, 11) is 0. The van der Waals surface area contributed by atoms with Gasteiger partial charge in [0.2, 0.25) is 0 Å². The van der Waals surface area contributed by atoms with E-state index in [0.717, 1.165) is 0 Å². The van der Waals surface area contributed by atoms with Crippen molar-refractivity contribution in [2.24, 2.45) is 0 Å². The fourth-order valence-corrected chi connectivity index (χ4v) is 7.06. The molecule has 0 amide bonds. The summed E-state index contributed by atoms with van der Waals surface area (Å²) in [6.45, 7) is 27.2. The second kappa shape index (κ2) is 9.40. The lowest BCUT2D eigenvalue weighted by molar-refractivity contribution is 1.24. The molecule has 36 heavy (non-hydrogen) atoms. The van der Waals surface area contributed by atoms with Crippen LogP contribution in [0.25, 0.3) is 33.4 Å². The first-order valence-corrected chi connectivity index (χ1v) is 13.2. The standard InChI is InChI=1S/C36H42/c1-19-13-21(3)31(22(4)14-19)33-25(7)17-27(9)35(29(33)11)36-28(10)18-26(8)34(30(36)12)32-23(5)15-20(2)16-24(32)6/h13-18H,1-12H3. The van der Waals surface area contributed by atoms with E-state index in [1.807, 2.05) is 0 Å². The van der Waals surface area contributed by atoms with E-state index in [-0.39, 0.29) is 0 Å². The molecule has 0 aromatic heterocycles. The molecule has 4 rings (SSSR count). The van der Waals surface area contributed by atoms with Crippen LogP contribution in [0, 0.1) is 83.1 Å². The van der Waals surface area contributed by atoms with Crippen molar-refractivity contribution < 1.29 is 0 Å². The SMILES string of the molecule is Cc1cc(C)c(-c2c(C)cc(C)c(-c3c(C)cc(C)c(-c4c(C)cc(C)cc4C)c3C)c2C)c(C)c1. The maximum atomic E-state index is 2.40. The predicted octanol–water partition coefficient (Wildman–Crippen LogP) is 10.4. The van der Waals surface area contributed by atoms with Crippen LogP contribution in [0.2, 0.25) is 0 Å². The molecule has 0 radical (unpaired) electrons. The van der Waals surface area contributed by atoms with Crippen LogP contribution < -0.4 is 0 Å². The zero-order chi connectivity index (χ0) is 26.6. The highest BCUT2D eigenvalue weighted by Crippen LogP contribution is 2.45. The van der Waals surface area contributed by atoms with Crippen molar-refractivity contribution in [3.05, 3.63) is 103 Å². The van der Waals surface area contributed by atoms with Crippen molar-refractivity contribution in [3.8, 4) is 33.4 Å². The van der Waals surface area contributed by atoms with Crippen molar-refractivity contribution in [2.45, 2.75) is 83.1 Å². The summed E-state index contributed by atoms with van der Waals surface area (Å²) >= 11 is 0. The van der Waals surface area contributed by atoms with Crippen LogP contribution >= 0.6 is 0 Å². The third-order valence-corrected chi connectivity index (χ3v) is 8.05. The maximum Gasteiger partial charge on any atom is -0.0113 e. The van der Waals surface area contributed by atoms with E-state index in [1.165, 1.54) is 100 Å².